The fraction of sp³-hybridized carbons (Fsp3) is 0.214. The van der Waals surface area contributed by atoms with Crippen LogP contribution in [0.3, 0.4) is 0 Å². The summed E-state index contributed by atoms with van der Waals surface area (Å²) >= 11 is 0. The number of hydrogen-bond donors (Lipinski definition) is 2. The second-order valence-corrected chi connectivity index (χ2v) is 4.36. The molecular formula is C14H15N3O5. The molecule has 0 saturated heterocycles. The maximum atomic E-state index is 10.2. The highest BCUT2D eigenvalue weighted by molar-refractivity contribution is 5.43. The lowest BCUT2D eigenvalue weighted by Crippen LogP contribution is -2.06. The average molecular weight is 305 g/mol. The van der Waals surface area contributed by atoms with Gasteiger partial charge in [-0.25, -0.2) is 0 Å². The molecule has 0 aliphatic rings. The third-order valence-corrected chi connectivity index (χ3v) is 2.87. The van der Waals surface area contributed by atoms with E-state index in [9.17, 15) is 15.2 Å². The van der Waals surface area contributed by atoms with Gasteiger partial charge in [-0.15, -0.1) is 10.1 Å². The third kappa shape index (κ3) is 4.06. The average Bonchev–Trinajstić information content (AvgIpc) is 2.51. The molecule has 0 atom stereocenters. The smallest absolute Gasteiger partial charge is 0.294 e. The molecule has 116 valence electrons. The van der Waals surface area contributed by atoms with E-state index in [4.69, 9.17) is 10.5 Å². The number of aromatic hydroxyl groups is 1. The number of phenols is 1. The zero-order valence-corrected chi connectivity index (χ0v) is 11.6. The maximum Gasteiger partial charge on any atom is 0.294 e. The van der Waals surface area contributed by atoms with Crippen LogP contribution in [-0.2, 0) is 24.6 Å². The molecule has 0 unspecified atom stereocenters. The third-order valence-electron chi connectivity index (χ3n) is 2.87. The zero-order valence-electron chi connectivity index (χ0n) is 11.6. The Morgan fingerprint density at radius 1 is 1.18 bits per heavy atom. The van der Waals surface area contributed by atoms with Crippen LogP contribution in [0.1, 0.15) is 17.0 Å². The summed E-state index contributed by atoms with van der Waals surface area (Å²) in [5.41, 5.74) is 7.09. The summed E-state index contributed by atoms with van der Waals surface area (Å²) in [5.74, 6) is 0.539. The number of nitrogens with two attached hydrogens (primary N) is 1. The van der Waals surface area contributed by atoms with E-state index in [0.29, 0.717) is 22.7 Å². The van der Waals surface area contributed by atoms with Crippen molar-refractivity contribution in [3.8, 4) is 11.5 Å². The van der Waals surface area contributed by atoms with Gasteiger partial charge in [0.05, 0.1) is 11.4 Å². The molecule has 8 heteroatoms. The molecule has 0 bridgehead atoms. The van der Waals surface area contributed by atoms with Crippen LogP contribution in [-0.4, -0.2) is 15.2 Å². The second-order valence-electron chi connectivity index (χ2n) is 4.36. The number of pyridine rings is 1. The van der Waals surface area contributed by atoms with E-state index in [1.165, 1.54) is 6.07 Å². The van der Waals surface area contributed by atoms with Gasteiger partial charge >= 0.3 is 0 Å². The lowest BCUT2D eigenvalue weighted by Gasteiger charge is -2.11. The minimum Gasteiger partial charge on any atom is -0.507 e. The summed E-state index contributed by atoms with van der Waals surface area (Å²) in [4.78, 5) is 18.6. The van der Waals surface area contributed by atoms with Gasteiger partial charge < -0.3 is 20.4 Å². The summed E-state index contributed by atoms with van der Waals surface area (Å²) in [6, 6.07) is 9.92. The Balaban J connectivity index is 2.04. The lowest BCUT2D eigenvalue weighted by molar-refractivity contribution is -0.763. The van der Waals surface area contributed by atoms with E-state index in [-0.39, 0.29) is 25.5 Å². The van der Waals surface area contributed by atoms with Crippen LogP contribution in [0.5, 0.6) is 11.5 Å². The van der Waals surface area contributed by atoms with Gasteiger partial charge in [0.25, 0.3) is 5.09 Å². The summed E-state index contributed by atoms with van der Waals surface area (Å²) in [6.45, 7) is 0.0654. The molecule has 0 spiro atoms. The zero-order chi connectivity index (χ0) is 15.9. The highest BCUT2D eigenvalue weighted by Crippen LogP contribution is 2.27. The summed E-state index contributed by atoms with van der Waals surface area (Å²) < 4.78 is 5.60. The molecule has 2 aromatic rings. The van der Waals surface area contributed by atoms with Gasteiger partial charge in [0, 0.05) is 12.1 Å². The van der Waals surface area contributed by atoms with Gasteiger partial charge in [-0.1, -0.05) is 12.1 Å². The van der Waals surface area contributed by atoms with Crippen molar-refractivity contribution in [2.24, 2.45) is 5.73 Å². The number of ether oxygens (including phenoxy) is 1. The predicted molar refractivity (Wildman–Crippen MR) is 76.4 cm³/mol. The molecule has 0 amide bonds. The van der Waals surface area contributed by atoms with Crippen molar-refractivity contribution in [1.29, 1.82) is 0 Å². The molecule has 0 aliphatic heterocycles. The molecule has 0 fully saturated rings. The Morgan fingerprint density at radius 3 is 2.55 bits per heavy atom. The van der Waals surface area contributed by atoms with E-state index in [0.717, 1.165) is 0 Å². The van der Waals surface area contributed by atoms with E-state index in [1.807, 2.05) is 0 Å². The molecule has 1 aromatic heterocycles. The fourth-order valence-electron chi connectivity index (χ4n) is 1.86. The Kier molecular flexibility index (Phi) is 5.10. The number of hydrogen-bond acceptors (Lipinski definition) is 7. The molecule has 22 heavy (non-hydrogen) atoms. The van der Waals surface area contributed by atoms with Crippen LogP contribution in [0.2, 0.25) is 0 Å². The summed E-state index contributed by atoms with van der Waals surface area (Å²) in [7, 11) is 0. The monoisotopic (exact) mass is 305 g/mol. The van der Waals surface area contributed by atoms with Gasteiger partial charge in [-0.3, -0.25) is 4.98 Å². The van der Waals surface area contributed by atoms with Crippen molar-refractivity contribution in [2.75, 3.05) is 0 Å². The second kappa shape index (κ2) is 7.23. The summed E-state index contributed by atoms with van der Waals surface area (Å²) in [6.07, 6.45) is 0. The topological polar surface area (TPSA) is 121 Å². The van der Waals surface area contributed by atoms with Crippen LogP contribution in [0.4, 0.5) is 0 Å². The highest BCUT2D eigenvalue weighted by Gasteiger charge is 2.08. The van der Waals surface area contributed by atoms with E-state index in [1.54, 1.807) is 30.3 Å². The normalized spacial score (nSPS) is 10.2. The minimum absolute atomic E-state index is 0.0705. The number of benzene rings is 1. The molecule has 8 nitrogen and oxygen atoms in total. The molecule has 1 aromatic carbocycles. The van der Waals surface area contributed by atoms with E-state index >= 15 is 0 Å². The van der Waals surface area contributed by atoms with Crippen molar-refractivity contribution >= 4 is 0 Å². The molecule has 0 saturated carbocycles. The number of nitrogens with zero attached hydrogens (tertiary/aromatic N) is 2. The van der Waals surface area contributed by atoms with Crippen molar-refractivity contribution in [3.63, 3.8) is 0 Å². The maximum absolute atomic E-state index is 10.2. The first-order valence-corrected chi connectivity index (χ1v) is 6.46. The molecular weight excluding hydrogens is 290 g/mol. The van der Waals surface area contributed by atoms with Crippen LogP contribution < -0.4 is 10.5 Å². The van der Waals surface area contributed by atoms with Crippen molar-refractivity contribution in [2.45, 2.75) is 19.8 Å². The summed E-state index contributed by atoms with van der Waals surface area (Å²) in [5, 5.41) is 19.0. The van der Waals surface area contributed by atoms with E-state index in [2.05, 4.69) is 9.82 Å². The molecule has 3 N–H and O–H groups in total. The van der Waals surface area contributed by atoms with Gasteiger partial charge in [-0.2, -0.15) is 0 Å². The largest absolute Gasteiger partial charge is 0.507 e. The van der Waals surface area contributed by atoms with Gasteiger partial charge in [0.15, 0.2) is 0 Å². The number of phenolic OH excluding ortho intramolecular Hbond substituents is 1. The Morgan fingerprint density at radius 2 is 1.86 bits per heavy atom. The van der Waals surface area contributed by atoms with Gasteiger partial charge in [-0.05, 0) is 24.3 Å². The van der Waals surface area contributed by atoms with Crippen LogP contribution in [0, 0.1) is 10.1 Å². The molecule has 0 aliphatic carbocycles. The number of rotatable bonds is 7. The Hall–Kier alpha value is -2.87. The van der Waals surface area contributed by atoms with Crippen LogP contribution in [0.25, 0.3) is 0 Å². The Bertz CT molecular complexity index is 663. The first-order valence-electron chi connectivity index (χ1n) is 6.46. The Labute approximate surface area is 126 Å². The fourth-order valence-corrected chi connectivity index (χ4v) is 1.86. The molecule has 0 radical (unpaired) electrons. The van der Waals surface area contributed by atoms with Crippen molar-refractivity contribution in [1.82, 2.24) is 4.98 Å². The standard InChI is InChI=1S/C14H15N3O5/c15-7-12-13(18)5-2-6-14(12)21-8-10-3-1-4-11(16-10)9-22-17(19)20/h1-6,18H,7-9,15H2. The van der Waals surface area contributed by atoms with Gasteiger partial charge in [0.2, 0.25) is 0 Å². The lowest BCUT2D eigenvalue weighted by atomic mass is 10.2. The van der Waals surface area contributed by atoms with Crippen LogP contribution in [0.15, 0.2) is 36.4 Å². The molecule has 2 rings (SSSR count). The predicted octanol–water partition coefficient (Wildman–Crippen LogP) is 1.53. The minimum atomic E-state index is -0.870. The quantitative estimate of drug-likeness (QED) is 0.587. The highest BCUT2D eigenvalue weighted by atomic mass is 16.9. The molecule has 1 heterocycles. The van der Waals surface area contributed by atoms with E-state index < -0.39 is 5.09 Å². The van der Waals surface area contributed by atoms with Gasteiger partial charge in [0.1, 0.15) is 24.7 Å². The first kappa shape index (κ1) is 15.5. The van der Waals surface area contributed by atoms with Crippen molar-refractivity contribution in [3.05, 3.63) is 63.5 Å². The van der Waals surface area contributed by atoms with Crippen molar-refractivity contribution < 1.29 is 19.8 Å². The first-order chi connectivity index (χ1) is 10.6. The SMILES string of the molecule is NCc1c(O)cccc1OCc1cccc(CO[N+](=O)[O-])n1. The van der Waals surface area contributed by atoms with Crippen LogP contribution >= 0.6 is 0 Å². The number of aromatic nitrogens is 1.